The Morgan fingerprint density at radius 3 is 2.40 bits per heavy atom. The number of ether oxygens (including phenoxy) is 1. The minimum Gasteiger partial charge on any atom is -0.494 e. The third kappa shape index (κ3) is 5.19. The number of hydrogen-bond acceptors (Lipinski definition) is 4. The molecule has 0 aromatic heterocycles. The van der Waals surface area contributed by atoms with E-state index in [4.69, 9.17) is 4.74 Å². The molecular weight excluding hydrogens is 340 g/mol. The second-order valence-corrected chi connectivity index (χ2v) is 8.58. The molecule has 0 N–H and O–H groups in total. The third-order valence-corrected chi connectivity index (χ3v) is 6.08. The quantitative estimate of drug-likeness (QED) is 0.773. The summed E-state index contributed by atoms with van der Waals surface area (Å²) in [6.45, 7) is 8.27. The van der Waals surface area contributed by atoms with Crippen LogP contribution in [-0.4, -0.2) is 56.3 Å². The van der Waals surface area contributed by atoms with Crippen LogP contribution in [0.2, 0.25) is 0 Å². The summed E-state index contributed by atoms with van der Waals surface area (Å²) in [6, 6.07) is 6.50. The Labute approximate surface area is 150 Å². The van der Waals surface area contributed by atoms with Gasteiger partial charge in [0.05, 0.1) is 11.5 Å². The predicted octanol–water partition coefficient (Wildman–Crippen LogP) is 2.35. The average molecular weight is 368 g/mol. The van der Waals surface area contributed by atoms with Crippen LogP contribution < -0.4 is 4.74 Å². The molecule has 1 aromatic carbocycles. The van der Waals surface area contributed by atoms with Gasteiger partial charge in [-0.1, -0.05) is 13.8 Å². The van der Waals surface area contributed by atoms with Gasteiger partial charge in [0.15, 0.2) is 0 Å². The summed E-state index contributed by atoms with van der Waals surface area (Å²) in [7, 11) is -3.55. The minimum atomic E-state index is -3.55. The van der Waals surface area contributed by atoms with E-state index in [2.05, 4.69) is 0 Å². The van der Waals surface area contributed by atoms with E-state index in [1.165, 1.54) is 4.31 Å². The van der Waals surface area contributed by atoms with Gasteiger partial charge in [-0.3, -0.25) is 4.79 Å². The fourth-order valence-corrected chi connectivity index (χ4v) is 4.36. The van der Waals surface area contributed by atoms with Crippen molar-refractivity contribution in [1.29, 1.82) is 0 Å². The average Bonchev–Trinajstić information content (AvgIpc) is 2.81. The van der Waals surface area contributed by atoms with Crippen molar-refractivity contribution in [3.8, 4) is 5.75 Å². The number of benzene rings is 1. The van der Waals surface area contributed by atoms with Gasteiger partial charge in [-0.2, -0.15) is 4.31 Å². The van der Waals surface area contributed by atoms with Crippen molar-refractivity contribution in [2.75, 3.05) is 32.8 Å². The van der Waals surface area contributed by atoms with Crippen molar-refractivity contribution >= 4 is 15.9 Å². The zero-order chi connectivity index (χ0) is 18.4. The van der Waals surface area contributed by atoms with Crippen LogP contribution in [0.3, 0.4) is 0 Å². The van der Waals surface area contributed by atoms with Gasteiger partial charge in [-0.15, -0.1) is 0 Å². The lowest BCUT2D eigenvalue weighted by Crippen LogP contribution is -2.37. The standard InChI is InChI=1S/C18H28N2O4S/c1-4-24-16-6-8-17(9-7-16)25(22,23)20-11-5-10-19(12-13-20)18(21)14-15(2)3/h6-9,15H,4-5,10-14H2,1-3H3. The largest absolute Gasteiger partial charge is 0.494 e. The van der Waals surface area contributed by atoms with Crippen LogP contribution in [0, 0.1) is 5.92 Å². The van der Waals surface area contributed by atoms with E-state index in [-0.39, 0.29) is 10.8 Å². The highest BCUT2D eigenvalue weighted by Gasteiger charge is 2.28. The molecule has 140 valence electrons. The first kappa shape index (κ1) is 19.7. The van der Waals surface area contributed by atoms with Crippen LogP contribution in [0.15, 0.2) is 29.2 Å². The molecule has 25 heavy (non-hydrogen) atoms. The Balaban J connectivity index is 2.06. The lowest BCUT2D eigenvalue weighted by atomic mass is 10.1. The zero-order valence-corrected chi connectivity index (χ0v) is 16.1. The highest BCUT2D eigenvalue weighted by molar-refractivity contribution is 7.89. The van der Waals surface area contributed by atoms with Gasteiger partial charge in [0.25, 0.3) is 0 Å². The number of carbonyl (C=O) groups is 1. The number of carbonyl (C=O) groups excluding carboxylic acids is 1. The second-order valence-electron chi connectivity index (χ2n) is 6.64. The molecule has 1 aromatic rings. The van der Waals surface area contributed by atoms with Crippen molar-refractivity contribution < 1.29 is 17.9 Å². The molecule has 0 saturated carbocycles. The zero-order valence-electron chi connectivity index (χ0n) is 15.3. The van der Waals surface area contributed by atoms with Crippen LogP contribution in [0.5, 0.6) is 5.75 Å². The van der Waals surface area contributed by atoms with Gasteiger partial charge in [0.2, 0.25) is 15.9 Å². The molecule has 2 rings (SSSR count). The van der Waals surface area contributed by atoms with Crippen LogP contribution in [0.25, 0.3) is 0 Å². The van der Waals surface area contributed by atoms with E-state index in [0.29, 0.717) is 57.3 Å². The van der Waals surface area contributed by atoms with Crippen LogP contribution in [-0.2, 0) is 14.8 Å². The Kier molecular flexibility index (Phi) is 6.84. The predicted molar refractivity (Wildman–Crippen MR) is 97.0 cm³/mol. The normalized spacial score (nSPS) is 16.7. The molecule has 0 aliphatic carbocycles. The summed E-state index contributed by atoms with van der Waals surface area (Å²) >= 11 is 0. The summed E-state index contributed by atoms with van der Waals surface area (Å²) in [4.78, 5) is 14.3. The van der Waals surface area contributed by atoms with E-state index in [1.807, 2.05) is 20.8 Å². The molecular formula is C18H28N2O4S. The molecule has 1 amide bonds. The van der Waals surface area contributed by atoms with Gasteiger partial charge in [-0.25, -0.2) is 8.42 Å². The Morgan fingerprint density at radius 1 is 1.12 bits per heavy atom. The lowest BCUT2D eigenvalue weighted by molar-refractivity contribution is -0.131. The first-order valence-electron chi connectivity index (χ1n) is 8.85. The number of rotatable bonds is 6. The van der Waals surface area contributed by atoms with Crippen LogP contribution in [0.1, 0.15) is 33.6 Å². The summed E-state index contributed by atoms with van der Waals surface area (Å²) < 4.78 is 32.5. The van der Waals surface area contributed by atoms with Gasteiger partial charge >= 0.3 is 0 Å². The molecule has 0 radical (unpaired) electrons. The topological polar surface area (TPSA) is 66.9 Å². The van der Waals surface area contributed by atoms with E-state index >= 15 is 0 Å². The molecule has 6 nitrogen and oxygen atoms in total. The number of hydrogen-bond donors (Lipinski definition) is 0. The Morgan fingerprint density at radius 2 is 1.80 bits per heavy atom. The maximum absolute atomic E-state index is 12.8. The van der Waals surface area contributed by atoms with Crippen molar-refractivity contribution in [2.45, 2.75) is 38.5 Å². The second kappa shape index (κ2) is 8.67. The molecule has 0 unspecified atom stereocenters. The van der Waals surface area contributed by atoms with Crippen molar-refractivity contribution in [1.82, 2.24) is 9.21 Å². The van der Waals surface area contributed by atoms with Gasteiger partial charge in [0.1, 0.15) is 5.75 Å². The molecule has 1 aliphatic heterocycles. The molecule has 1 saturated heterocycles. The smallest absolute Gasteiger partial charge is 0.243 e. The first-order chi connectivity index (χ1) is 11.8. The minimum absolute atomic E-state index is 0.107. The third-order valence-electron chi connectivity index (χ3n) is 4.16. The van der Waals surface area contributed by atoms with E-state index in [1.54, 1.807) is 29.2 Å². The molecule has 1 fully saturated rings. The highest BCUT2D eigenvalue weighted by Crippen LogP contribution is 2.21. The fourth-order valence-electron chi connectivity index (χ4n) is 2.89. The lowest BCUT2D eigenvalue weighted by Gasteiger charge is -2.22. The fraction of sp³-hybridized carbons (Fsp3) is 0.611. The summed E-state index contributed by atoms with van der Waals surface area (Å²) in [6.07, 6.45) is 1.16. The van der Waals surface area contributed by atoms with Gasteiger partial charge < -0.3 is 9.64 Å². The van der Waals surface area contributed by atoms with Gasteiger partial charge in [0, 0.05) is 32.6 Å². The van der Waals surface area contributed by atoms with Crippen molar-refractivity contribution in [3.63, 3.8) is 0 Å². The SMILES string of the molecule is CCOc1ccc(S(=O)(=O)N2CCCN(C(=O)CC(C)C)CC2)cc1. The van der Waals surface area contributed by atoms with Gasteiger partial charge in [-0.05, 0) is 43.5 Å². The maximum atomic E-state index is 12.8. The van der Waals surface area contributed by atoms with E-state index < -0.39 is 10.0 Å². The molecule has 0 atom stereocenters. The first-order valence-corrected chi connectivity index (χ1v) is 10.3. The summed E-state index contributed by atoms with van der Waals surface area (Å²) in [5.41, 5.74) is 0. The van der Waals surface area contributed by atoms with Crippen molar-refractivity contribution in [2.24, 2.45) is 5.92 Å². The van der Waals surface area contributed by atoms with E-state index in [0.717, 1.165) is 0 Å². The molecule has 1 aliphatic rings. The van der Waals surface area contributed by atoms with E-state index in [9.17, 15) is 13.2 Å². The van der Waals surface area contributed by atoms with Crippen LogP contribution >= 0.6 is 0 Å². The molecule has 0 spiro atoms. The maximum Gasteiger partial charge on any atom is 0.243 e. The summed E-state index contributed by atoms with van der Waals surface area (Å²) in [5.74, 6) is 1.07. The molecule has 0 bridgehead atoms. The number of amides is 1. The Hall–Kier alpha value is -1.60. The van der Waals surface area contributed by atoms with Crippen molar-refractivity contribution in [3.05, 3.63) is 24.3 Å². The summed E-state index contributed by atoms with van der Waals surface area (Å²) in [5, 5.41) is 0. The molecule has 7 heteroatoms. The Bertz CT molecular complexity index is 671. The highest BCUT2D eigenvalue weighted by atomic mass is 32.2. The molecule has 1 heterocycles. The number of nitrogens with zero attached hydrogens (tertiary/aromatic N) is 2. The number of sulfonamides is 1. The van der Waals surface area contributed by atoms with Crippen LogP contribution in [0.4, 0.5) is 0 Å². The monoisotopic (exact) mass is 368 g/mol.